The van der Waals surface area contributed by atoms with Crippen molar-refractivity contribution in [3.8, 4) is 0 Å². The zero-order valence-electron chi connectivity index (χ0n) is 11.5. The summed E-state index contributed by atoms with van der Waals surface area (Å²) in [5.74, 6) is -1.21. The van der Waals surface area contributed by atoms with Crippen molar-refractivity contribution >= 4 is 16.0 Å². The zero-order valence-corrected chi connectivity index (χ0v) is 12.4. The maximum Gasteiger partial charge on any atom is 0.371 e. The quantitative estimate of drug-likeness (QED) is 0.868. The van der Waals surface area contributed by atoms with Gasteiger partial charge >= 0.3 is 5.97 Å². The van der Waals surface area contributed by atoms with Crippen LogP contribution in [0.25, 0.3) is 0 Å². The van der Waals surface area contributed by atoms with E-state index in [9.17, 15) is 13.2 Å². The van der Waals surface area contributed by atoms with Gasteiger partial charge in [-0.2, -0.15) is 0 Å². The van der Waals surface area contributed by atoms with Gasteiger partial charge in [0.1, 0.15) is 10.7 Å². The highest BCUT2D eigenvalue weighted by Crippen LogP contribution is 2.29. The number of furan rings is 1. The Morgan fingerprint density at radius 3 is 2.55 bits per heavy atom. The third-order valence-electron chi connectivity index (χ3n) is 3.82. The molecule has 1 atom stereocenters. The average Bonchev–Trinajstić information content (AvgIpc) is 2.96. The SMILES string of the molecule is Cc1oc(C(=O)O)cc1S(=O)(=O)NC(C)C1CCCC1. The van der Waals surface area contributed by atoms with E-state index in [1.807, 2.05) is 6.92 Å². The van der Waals surface area contributed by atoms with Gasteiger partial charge in [0.05, 0.1) is 0 Å². The van der Waals surface area contributed by atoms with Crippen molar-refractivity contribution in [2.24, 2.45) is 5.92 Å². The minimum absolute atomic E-state index is 0.0912. The van der Waals surface area contributed by atoms with Crippen LogP contribution < -0.4 is 4.72 Å². The van der Waals surface area contributed by atoms with Gasteiger partial charge in [0, 0.05) is 12.1 Å². The maximum atomic E-state index is 12.3. The molecule has 0 amide bonds. The van der Waals surface area contributed by atoms with Gasteiger partial charge in [-0.3, -0.25) is 0 Å². The van der Waals surface area contributed by atoms with Crippen LogP contribution in [-0.2, 0) is 10.0 Å². The highest BCUT2D eigenvalue weighted by Gasteiger charge is 2.29. The molecule has 6 nitrogen and oxygen atoms in total. The molecule has 1 aromatic rings. The van der Waals surface area contributed by atoms with E-state index in [1.165, 1.54) is 6.92 Å². The predicted octanol–water partition coefficient (Wildman–Crippen LogP) is 2.14. The molecular formula is C13H19NO5S. The monoisotopic (exact) mass is 301 g/mol. The van der Waals surface area contributed by atoms with Crippen LogP contribution in [0, 0.1) is 12.8 Å². The maximum absolute atomic E-state index is 12.3. The van der Waals surface area contributed by atoms with Gasteiger partial charge in [-0.1, -0.05) is 12.8 Å². The number of carboxylic acids is 1. The number of carboxylic acid groups (broad SMARTS) is 1. The number of carbonyl (C=O) groups is 1. The topological polar surface area (TPSA) is 96.6 Å². The number of aryl methyl sites for hydroxylation is 1. The zero-order chi connectivity index (χ0) is 14.9. The van der Waals surface area contributed by atoms with Crippen LogP contribution >= 0.6 is 0 Å². The molecule has 2 N–H and O–H groups in total. The molecule has 0 radical (unpaired) electrons. The Morgan fingerprint density at radius 2 is 2.05 bits per heavy atom. The van der Waals surface area contributed by atoms with Crippen LogP contribution in [0.15, 0.2) is 15.4 Å². The summed E-state index contributed by atoms with van der Waals surface area (Å²) >= 11 is 0. The molecule has 0 spiro atoms. The number of nitrogens with one attached hydrogen (secondary N) is 1. The number of sulfonamides is 1. The fourth-order valence-electron chi connectivity index (χ4n) is 2.70. The van der Waals surface area contributed by atoms with Crippen LogP contribution in [-0.4, -0.2) is 25.5 Å². The Hall–Kier alpha value is -1.34. The summed E-state index contributed by atoms with van der Waals surface area (Å²) in [6.45, 7) is 3.29. The first kappa shape index (κ1) is 15.1. The van der Waals surface area contributed by atoms with Crippen LogP contribution in [0.4, 0.5) is 0 Å². The number of aromatic carboxylic acids is 1. The predicted molar refractivity (Wildman–Crippen MR) is 72.1 cm³/mol. The number of hydrogen-bond acceptors (Lipinski definition) is 4. The lowest BCUT2D eigenvalue weighted by molar-refractivity contribution is 0.0661. The highest BCUT2D eigenvalue weighted by molar-refractivity contribution is 7.89. The van der Waals surface area contributed by atoms with Crippen LogP contribution in [0.3, 0.4) is 0 Å². The largest absolute Gasteiger partial charge is 0.475 e. The van der Waals surface area contributed by atoms with E-state index in [2.05, 4.69) is 4.72 Å². The molecule has 0 aromatic carbocycles. The molecule has 1 saturated carbocycles. The summed E-state index contributed by atoms with van der Waals surface area (Å²) < 4.78 is 32.2. The summed E-state index contributed by atoms with van der Waals surface area (Å²) in [6.07, 6.45) is 4.30. The van der Waals surface area contributed by atoms with Crippen LogP contribution in [0.5, 0.6) is 0 Å². The molecule has 1 aliphatic carbocycles. The lowest BCUT2D eigenvalue weighted by Gasteiger charge is -2.19. The molecule has 1 unspecified atom stereocenters. The summed E-state index contributed by atoms with van der Waals surface area (Å²) in [6, 6.07) is 0.895. The van der Waals surface area contributed by atoms with Crippen molar-refractivity contribution in [2.45, 2.75) is 50.5 Å². The first-order valence-electron chi connectivity index (χ1n) is 6.67. The van der Waals surface area contributed by atoms with Crippen molar-refractivity contribution in [1.29, 1.82) is 0 Å². The van der Waals surface area contributed by atoms with E-state index < -0.39 is 16.0 Å². The average molecular weight is 301 g/mol. The van der Waals surface area contributed by atoms with Crippen molar-refractivity contribution in [3.05, 3.63) is 17.6 Å². The second-order valence-electron chi connectivity index (χ2n) is 5.29. The Morgan fingerprint density at radius 1 is 1.45 bits per heavy atom. The second-order valence-corrected chi connectivity index (χ2v) is 6.97. The van der Waals surface area contributed by atoms with E-state index in [-0.39, 0.29) is 22.5 Å². The van der Waals surface area contributed by atoms with Crippen molar-refractivity contribution in [2.75, 3.05) is 0 Å². The molecule has 0 aliphatic heterocycles. The van der Waals surface area contributed by atoms with E-state index in [1.54, 1.807) is 0 Å². The molecule has 1 aromatic heterocycles. The van der Waals surface area contributed by atoms with Gasteiger partial charge in [0.2, 0.25) is 15.8 Å². The lowest BCUT2D eigenvalue weighted by Crippen LogP contribution is -2.37. The van der Waals surface area contributed by atoms with Gasteiger partial charge in [-0.05, 0) is 32.6 Å². The first-order chi connectivity index (χ1) is 9.31. The summed E-state index contributed by atoms with van der Waals surface area (Å²) in [4.78, 5) is 10.7. The van der Waals surface area contributed by atoms with E-state index in [0.29, 0.717) is 5.92 Å². The fourth-order valence-corrected chi connectivity index (χ4v) is 4.19. The molecule has 20 heavy (non-hydrogen) atoms. The highest BCUT2D eigenvalue weighted by atomic mass is 32.2. The van der Waals surface area contributed by atoms with Crippen molar-refractivity contribution < 1.29 is 22.7 Å². The van der Waals surface area contributed by atoms with E-state index >= 15 is 0 Å². The van der Waals surface area contributed by atoms with Gasteiger partial charge in [-0.25, -0.2) is 17.9 Å². The van der Waals surface area contributed by atoms with Gasteiger partial charge in [-0.15, -0.1) is 0 Å². The van der Waals surface area contributed by atoms with Crippen molar-refractivity contribution in [3.63, 3.8) is 0 Å². The first-order valence-corrected chi connectivity index (χ1v) is 8.15. The Bertz CT molecular complexity index is 598. The number of rotatable bonds is 5. The third kappa shape index (κ3) is 3.04. The van der Waals surface area contributed by atoms with Gasteiger partial charge in [0.25, 0.3) is 0 Å². The van der Waals surface area contributed by atoms with Gasteiger partial charge in [0.15, 0.2) is 0 Å². The van der Waals surface area contributed by atoms with E-state index in [0.717, 1.165) is 31.7 Å². The third-order valence-corrected chi connectivity index (χ3v) is 5.49. The lowest BCUT2D eigenvalue weighted by atomic mass is 10.0. The fraction of sp³-hybridized carbons (Fsp3) is 0.615. The van der Waals surface area contributed by atoms with Crippen molar-refractivity contribution in [1.82, 2.24) is 4.72 Å². The Kier molecular flexibility index (Phi) is 4.19. The summed E-state index contributed by atoms with van der Waals surface area (Å²) in [5, 5.41) is 8.83. The minimum Gasteiger partial charge on any atom is -0.475 e. The van der Waals surface area contributed by atoms with Crippen LogP contribution in [0.2, 0.25) is 0 Å². The Balaban J connectivity index is 2.19. The Labute approximate surface area is 118 Å². The molecule has 0 saturated heterocycles. The molecule has 112 valence electrons. The minimum atomic E-state index is -3.75. The molecular weight excluding hydrogens is 282 g/mol. The second kappa shape index (κ2) is 5.57. The molecule has 0 bridgehead atoms. The van der Waals surface area contributed by atoms with Crippen LogP contribution in [0.1, 0.15) is 48.9 Å². The summed E-state index contributed by atoms with van der Waals surface area (Å²) in [7, 11) is -3.75. The molecule has 7 heteroatoms. The summed E-state index contributed by atoms with van der Waals surface area (Å²) in [5.41, 5.74) is 0. The van der Waals surface area contributed by atoms with E-state index in [4.69, 9.17) is 9.52 Å². The molecule has 2 rings (SSSR count). The normalized spacial score (nSPS) is 18.3. The molecule has 1 aliphatic rings. The molecule has 1 fully saturated rings. The molecule has 1 heterocycles. The van der Waals surface area contributed by atoms with Gasteiger partial charge < -0.3 is 9.52 Å². The standard InChI is InChI=1S/C13H19NO5S/c1-8(10-5-3-4-6-10)14-20(17,18)12-7-11(13(15)16)19-9(12)2/h7-8,10,14H,3-6H2,1-2H3,(H,15,16). The number of hydrogen-bond donors (Lipinski definition) is 2. The smallest absolute Gasteiger partial charge is 0.371 e.